The van der Waals surface area contributed by atoms with Gasteiger partial charge in [-0.25, -0.2) is 4.98 Å². The molecule has 0 aliphatic heterocycles. The van der Waals surface area contributed by atoms with Gasteiger partial charge in [0.1, 0.15) is 18.2 Å². The van der Waals surface area contributed by atoms with E-state index in [2.05, 4.69) is 9.97 Å². The topological polar surface area (TPSA) is 75.3 Å². The Morgan fingerprint density at radius 2 is 1.68 bits per heavy atom. The number of H-pyrrole nitrogens is 1. The van der Waals surface area contributed by atoms with Crippen LogP contribution in [0.2, 0.25) is 0 Å². The van der Waals surface area contributed by atoms with E-state index in [0.29, 0.717) is 28.8 Å². The summed E-state index contributed by atoms with van der Waals surface area (Å²) in [4.78, 5) is 34.7. The summed E-state index contributed by atoms with van der Waals surface area (Å²) < 4.78 is 5.85. The average molecular weight is 413 g/mol. The maximum Gasteiger partial charge on any atom is 0.258 e. The number of hydrogen-bond acceptors (Lipinski definition) is 4. The third kappa shape index (κ3) is 4.64. The van der Waals surface area contributed by atoms with Crippen LogP contribution < -0.4 is 10.3 Å². The number of nitrogens with zero attached hydrogens (tertiary/aromatic N) is 2. The quantitative estimate of drug-likeness (QED) is 0.494. The first-order valence-corrected chi connectivity index (χ1v) is 10.2. The second-order valence-electron chi connectivity index (χ2n) is 7.11. The molecular weight excluding hydrogens is 390 g/mol. The largest absolute Gasteiger partial charge is 0.489 e. The highest BCUT2D eigenvalue weighted by Crippen LogP contribution is 2.17. The Hall–Kier alpha value is -3.93. The van der Waals surface area contributed by atoms with Gasteiger partial charge in [0.15, 0.2) is 0 Å². The van der Waals surface area contributed by atoms with Crippen molar-refractivity contribution in [1.82, 2.24) is 14.9 Å². The number of rotatable bonds is 7. The third-order valence-corrected chi connectivity index (χ3v) is 5.06. The van der Waals surface area contributed by atoms with E-state index in [1.54, 1.807) is 29.2 Å². The van der Waals surface area contributed by atoms with Gasteiger partial charge in [-0.05, 0) is 37.3 Å². The number of amides is 1. The molecule has 0 bridgehead atoms. The smallest absolute Gasteiger partial charge is 0.258 e. The zero-order chi connectivity index (χ0) is 21.6. The van der Waals surface area contributed by atoms with Crippen molar-refractivity contribution >= 4 is 16.8 Å². The Bertz CT molecular complexity index is 1250. The van der Waals surface area contributed by atoms with Crippen molar-refractivity contribution in [2.24, 2.45) is 0 Å². The van der Waals surface area contributed by atoms with Crippen LogP contribution in [0.15, 0.2) is 83.7 Å². The van der Waals surface area contributed by atoms with E-state index in [0.717, 1.165) is 11.3 Å². The molecule has 4 rings (SSSR count). The van der Waals surface area contributed by atoms with E-state index in [4.69, 9.17) is 4.74 Å². The molecule has 1 heterocycles. The molecule has 0 unspecified atom stereocenters. The summed E-state index contributed by atoms with van der Waals surface area (Å²) in [6.45, 7) is 2.88. The van der Waals surface area contributed by atoms with Crippen LogP contribution in [-0.4, -0.2) is 27.3 Å². The van der Waals surface area contributed by atoms with Gasteiger partial charge in [0.05, 0.1) is 17.4 Å². The van der Waals surface area contributed by atoms with Gasteiger partial charge in [-0.15, -0.1) is 0 Å². The van der Waals surface area contributed by atoms with Gasteiger partial charge in [-0.3, -0.25) is 9.59 Å². The molecule has 0 aliphatic carbocycles. The highest BCUT2D eigenvalue weighted by Gasteiger charge is 2.19. The molecule has 0 radical (unpaired) electrons. The third-order valence-electron chi connectivity index (χ3n) is 5.06. The molecule has 1 amide bonds. The lowest BCUT2D eigenvalue weighted by Crippen LogP contribution is -2.32. The number of nitrogens with one attached hydrogen (secondary N) is 1. The van der Waals surface area contributed by atoms with Gasteiger partial charge in [0.25, 0.3) is 11.5 Å². The first kappa shape index (κ1) is 20.3. The first-order valence-electron chi connectivity index (χ1n) is 10.2. The van der Waals surface area contributed by atoms with Crippen LogP contribution in [0.1, 0.15) is 28.7 Å². The molecular formula is C25H23N3O3. The van der Waals surface area contributed by atoms with Crippen molar-refractivity contribution in [3.63, 3.8) is 0 Å². The number of para-hydroxylation sites is 2. The van der Waals surface area contributed by atoms with Crippen molar-refractivity contribution < 1.29 is 9.53 Å². The van der Waals surface area contributed by atoms with Gasteiger partial charge in [0.2, 0.25) is 0 Å². The van der Waals surface area contributed by atoms with Crippen LogP contribution in [0.25, 0.3) is 10.9 Å². The second kappa shape index (κ2) is 9.26. The number of aromatic nitrogens is 2. The number of benzene rings is 3. The van der Waals surface area contributed by atoms with Crippen LogP contribution in [0.3, 0.4) is 0 Å². The number of ether oxygens (including phenoxy) is 1. The minimum absolute atomic E-state index is 0.134. The molecule has 6 nitrogen and oxygen atoms in total. The van der Waals surface area contributed by atoms with Crippen molar-refractivity contribution in [1.29, 1.82) is 0 Å². The van der Waals surface area contributed by atoms with Crippen molar-refractivity contribution in [2.75, 3.05) is 6.54 Å². The molecule has 1 aromatic heterocycles. The summed E-state index contributed by atoms with van der Waals surface area (Å²) >= 11 is 0. The standard InChI is InChI=1S/C25H23N3O3/c1-2-28(16-23-26-22-15-9-8-14-21(22)24(29)27-23)25(30)20-13-7-6-10-18(20)17-31-19-11-4-3-5-12-19/h3-15H,2,16-17H2,1H3,(H,26,27,29). The Kier molecular flexibility index (Phi) is 6.08. The molecule has 0 saturated heterocycles. The number of carbonyl (C=O) groups is 1. The van der Waals surface area contributed by atoms with Gasteiger partial charge in [0, 0.05) is 17.7 Å². The molecule has 0 atom stereocenters. The molecule has 3 aromatic carbocycles. The maximum absolute atomic E-state index is 13.3. The van der Waals surface area contributed by atoms with E-state index in [1.165, 1.54) is 0 Å². The van der Waals surface area contributed by atoms with Crippen LogP contribution in [0.4, 0.5) is 0 Å². The fourth-order valence-electron chi connectivity index (χ4n) is 3.42. The van der Waals surface area contributed by atoms with Crippen LogP contribution in [0, 0.1) is 0 Å². The van der Waals surface area contributed by atoms with Crippen LogP contribution in [-0.2, 0) is 13.2 Å². The van der Waals surface area contributed by atoms with E-state index in [1.807, 2.05) is 61.5 Å². The highest BCUT2D eigenvalue weighted by molar-refractivity contribution is 5.95. The van der Waals surface area contributed by atoms with E-state index in [9.17, 15) is 9.59 Å². The summed E-state index contributed by atoms with van der Waals surface area (Å²) in [5, 5.41) is 0.532. The molecule has 1 N–H and O–H groups in total. The monoisotopic (exact) mass is 413 g/mol. The Balaban J connectivity index is 1.56. The molecule has 31 heavy (non-hydrogen) atoms. The lowest BCUT2D eigenvalue weighted by molar-refractivity contribution is 0.0745. The van der Waals surface area contributed by atoms with Crippen molar-refractivity contribution in [3.05, 3.63) is 106 Å². The molecule has 0 spiro atoms. The summed E-state index contributed by atoms with van der Waals surface area (Å²) in [6, 6.07) is 24.1. The number of hydrogen-bond donors (Lipinski definition) is 1. The van der Waals surface area contributed by atoms with Gasteiger partial charge in [-0.1, -0.05) is 48.5 Å². The fourth-order valence-corrected chi connectivity index (χ4v) is 3.42. The predicted molar refractivity (Wildman–Crippen MR) is 120 cm³/mol. The molecule has 4 aromatic rings. The van der Waals surface area contributed by atoms with Gasteiger partial charge >= 0.3 is 0 Å². The molecule has 0 saturated carbocycles. The minimum atomic E-state index is -0.208. The molecule has 6 heteroatoms. The van der Waals surface area contributed by atoms with Crippen molar-refractivity contribution in [3.8, 4) is 5.75 Å². The van der Waals surface area contributed by atoms with E-state index >= 15 is 0 Å². The summed E-state index contributed by atoms with van der Waals surface area (Å²) in [6.07, 6.45) is 0. The van der Waals surface area contributed by atoms with Gasteiger partial charge in [-0.2, -0.15) is 0 Å². The maximum atomic E-state index is 13.3. The predicted octanol–water partition coefficient (Wildman–Crippen LogP) is 4.16. The van der Waals surface area contributed by atoms with Crippen LogP contribution >= 0.6 is 0 Å². The normalized spacial score (nSPS) is 10.7. The molecule has 0 fully saturated rings. The average Bonchev–Trinajstić information content (AvgIpc) is 2.82. The highest BCUT2D eigenvalue weighted by atomic mass is 16.5. The first-order chi connectivity index (χ1) is 15.2. The van der Waals surface area contributed by atoms with E-state index < -0.39 is 0 Å². The van der Waals surface area contributed by atoms with E-state index in [-0.39, 0.29) is 24.6 Å². The van der Waals surface area contributed by atoms with Gasteiger partial charge < -0.3 is 14.6 Å². The summed E-state index contributed by atoms with van der Waals surface area (Å²) in [7, 11) is 0. The number of carbonyl (C=O) groups excluding carboxylic acids is 1. The zero-order valence-electron chi connectivity index (χ0n) is 17.2. The SMILES string of the molecule is CCN(Cc1nc2ccccc2c(=O)[nH]1)C(=O)c1ccccc1COc1ccccc1. The summed E-state index contributed by atoms with van der Waals surface area (Å²) in [5.41, 5.74) is 1.78. The lowest BCUT2D eigenvalue weighted by Gasteiger charge is -2.22. The number of aromatic amines is 1. The second-order valence-corrected chi connectivity index (χ2v) is 7.11. The Morgan fingerprint density at radius 3 is 2.48 bits per heavy atom. The van der Waals surface area contributed by atoms with Crippen molar-refractivity contribution in [2.45, 2.75) is 20.1 Å². The minimum Gasteiger partial charge on any atom is -0.489 e. The Labute approximate surface area is 180 Å². The number of fused-ring (bicyclic) bond motifs is 1. The lowest BCUT2D eigenvalue weighted by atomic mass is 10.1. The molecule has 156 valence electrons. The summed E-state index contributed by atoms with van der Waals surface area (Å²) in [5.74, 6) is 1.07. The zero-order valence-corrected chi connectivity index (χ0v) is 17.2. The molecule has 0 aliphatic rings. The van der Waals surface area contributed by atoms with Crippen LogP contribution in [0.5, 0.6) is 5.75 Å². The Morgan fingerprint density at radius 1 is 0.968 bits per heavy atom. The fraction of sp³-hybridized carbons (Fsp3) is 0.160.